The number of hydrogen-bond acceptors (Lipinski definition) is 5. The van der Waals surface area contributed by atoms with E-state index in [0.29, 0.717) is 0 Å². The van der Waals surface area contributed by atoms with E-state index < -0.39 is 12.9 Å². The van der Waals surface area contributed by atoms with Crippen LogP contribution in [0.2, 0.25) is 5.02 Å². The molecule has 1 rings (SSSR count). The van der Waals surface area contributed by atoms with Crippen molar-refractivity contribution in [2.24, 2.45) is 0 Å². The number of rotatable bonds is 4. The Bertz CT molecular complexity index is 424. The third kappa shape index (κ3) is 3.75. The number of phosphoric acid groups is 1. The highest BCUT2D eigenvalue weighted by atomic mass is 35.5. The van der Waals surface area contributed by atoms with Gasteiger partial charge in [-0.25, -0.2) is 4.57 Å². The van der Waals surface area contributed by atoms with Gasteiger partial charge in [0.25, 0.3) is 0 Å². The van der Waals surface area contributed by atoms with Gasteiger partial charge in [0, 0.05) is 0 Å². The van der Waals surface area contributed by atoms with Gasteiger partial charge in [-0.2, -0.15) is 4.62 Å². The first kappa shape index (κ1) is 11.8. The van der Waals surface area contributed by atoms with E-state index in [-0.39, 0.29) is 10.8 Å². The number of halogens is 1. The Labute approximate surface area is 88.9 Å². The van der Waals surface area contributed by atoms with E-state index in [0.717, 1.165) is 0 Å². The van der Waals surface area contributed by atoms with Gasteiger partial charge in [0.2, 0.25) is 0 Å². The van der Waals surface area contributed by atoms with Crippen molar-refractivity contribution in [1.82, 2.24) is 0 Å². The molecule has 0 saturated carbocycles. The highest BCUT2D eigenvalue weighted by Crippen LogP contribution is 2.45. The maximum atomic E-state index is 11.0. The number of para-hydroxylation sites is 1. The van der Waals surface area contributed by atoms with Crippen molar-refractivity contribution >= 4 is 19.4 Å². The Morgan fingerprint density at radius 2 is 2.07 bits per heavy atom. The number of phosphoric ester groups is 1. The summed E-state index contributed by atoms with van der Waals surface area (Å²) in [7, 11) is -4.78. The molecule has 1 aromatic carbocycles. The number of nitrogens with zero attached hydrogens (tertiary/aromatic N) is 1. The zero-order valence-corrected chi connectivity index (χ0v) is 8.72. The van der Waals surface area contributed by atoms with Crippen LogP contribution in [-0.2, 0) is 9.19 Å². The molecule has 0 aliphatic rings. The van der Waals surface area contributed by atoms with E-state index in [1.807, 2.05) is 0 Å². The minimum atomic E-state index is -4.78. The molecule has 1 aromatic rings. The lowest BCUT2D eigenvalue weighted by atomic mass is 10.3. The molecule has 1 atom stereocenters. The highest BCUT2D eigenvalue weighted by Gasteiger charge is 2.27. The minimum Gasteiger partial charge on any atom is -0.404 e. The zero-order valence-electron chi connectivity index (χ0n) is 7.07. The van der Waals surface area contributed by atoms with Crippen molar-refractivity contribution in [3.8, 4) is 5.75 Å². The first-order valence-electron chi connectivity index (χ1n) is 3.52. The molecule has 9 heteroatoms. The molecule has 0 amide bonds. The molecular formula is C6H5ClNO6P. The van der Waals surface area contributed by atoms with Gasteiger partial charge in [-0.3, -0.25) is 4.89 Å². The Morgan fingerprint density at radius 3 is 2.60 bits per heavy atom. The Balaban J connectivity index is 2.82. The fraction of sp³-hybridized carbons (Fsp3) is 0. The van der Waals surface area contributed by atoms with Crippen LogP contribution in [0.5, 0.6) is 5.75 Å². The zero-order chi connectivity index (χ0) is 11.5. The maximum absolute atomic E-state index is 11.0. The van der Waals surface area contributed by atoms with Gasteiger partial charge in [0.05, 0.1) is 5.02 Å². The van der Waals surface area contributed by atoms with Gasteiger partial charge >= 0.3 is 12.9 Å². The molecule has 82 valence electrons. The summed E-state index contributed by atoms with van der Waals surface area (Å²) in [5, 5.41) is 8.45. The van der Waals surface area contributed by atoms with E-state index in [9.17, 15) is 14.7 Å². The van der Waals surface area contributed by atoms with Gasteiger partial charge in [0.15, 0.2) is 0 Å². The van der Waals surface area contributed by atoms with Crippen LogP contribution in [-0.4, -0.2) is 9.98 Å². The molecule has 0 heterocycles. The fourth-order valence-corrected chi connectivity index (χ4v) is 1.58. The average Bonchev–Trinajstić information content (AvgIpc) is 2.06. The molecular weight excluding hydrogens is 248 g/mol. The van der Waals surface area contributed by atoms with E-state index in [1.54, 1.807) is 6.07 Å². The van der Waals surface area contributed by atoms with Crippen LogP contribution in [0.4, 0.5) is 0 Å². The van der Waals surface area contributed by atoms with Crippen molar-refractivity contribution in [1.29, 1.82) is 0 Å². The fourth-order valence-electron chi connectivity index (χ4n) is 0.744. The predicted molar refractivity (Wildman–Crippen MR) is 50.0 cm³/mol. The summed E-state index contributed by atoms with van der Waals surface area (Å²) in [4.78, 5) is 18.7. The standard InChI is InChI=1S/C6H5ClNO6P/c7-5-3-1-2-4-6(5)13-15(11,12)14-8(9)10/h1-4H,(H,11,12). The van der Waals surface area contributed by atoms with E-state index in [4.69, 9.17) is 16.5 Å². The van der Waals surface area contributed by atoms with E-state index >= 15 is 0 Å². The normalized spacial score (nSPS) is 14.0. The molecule has 1 unspecified atom stereocenters. The third-order valence-electron chi connectivity index (χ3n) is 1.22. The van der Waals surface area contributed by atoms with Crippen LogP contribution in [0.1, 0.15) is 0 Å². The van der Waals surface area contributed by atoms with Crippen LogP contribution < -0.4 is 4.52 Å². The van der Waals surface area contributed by atoms with Crippen LogP contribution in [0.25, 0.3) is 0 Å². The summed E-state index contributed by atoms with van der Waals surface area (Å²) in [6, 6.07) is 5.71. The van der Waals surface area contributed by atoms with Crippen LogP contribution in [0.3, 0.4) is 0 Å². The SMILES string of the molecule is O=[N+]([O-])OP(=O)(O)Oc1ccccc1Cl. The van der Waals surface area contributed by atoms with Gasteiger partial charge < -0.3 is 4.52 Å². The predicted octanol–water partition coefficient (Wildman–Crippen LogP) is 2.03. The second kappa shape index (κ2) is 4.48. The van der Waals surface area contributed by atoms with Crippen LogP contribution in [0.15, 0.2) is 24.3 Å². The summed E-state index contributed by atoms with van der Waals surface area (Å²) in [5.41, 5.74) is 0. The van der Waals surface area contributed by atoms with Crippen molar-refractivity contribution in [3.63, 3.8) is 0 Å². The van der Waals surface area contributed by atoms with Crippen LogP contribution in [0, 0.1) is 10.1 Å². The number of hydrogen-bond donors (Lipinski definition) is 1. The van der Waals surface area contributed by atoms with Gasteiger partial charge in [0.1, 0.15) is 5.75 Å². The maximum Gasteiger partial charge on any atom is 0.557 e. The first-order chi connectivity index (χ1) is 6.91. The monoisotopic (exact) mass is 253 g/mol. The Morgan fingerprint density at radius 1 is 1.47 bits per heavy atom. The summed E-state index contributed by atoms with van der Waals surface area (Å²) in [5.74, 6) is -0.174. The third-order valence-corrected chi connectivity index (χ3v) is 2.30. The number of benzene rings is 1. The topological polar surface area (TPSA) is 98.9 Å². The smallest absolute Gasteiger partial charge is 0.404 e. The first-order valence-corrected chi connectivity index (χ1v) is 5.39. The van der Waals surface area contributed by atoms with Gasteiger partial charge in [-0.05, 0) is 12.1 Å². The average molecular weight is 254 g/mol. The molecule has 0 saturated heterocycles. The Kier molecular flexibility index (Phi) is 3.52. The largest absolute Gasteiger partial charge is 0.557 e. The molecule has 0 aliphatic heterocycles. The van der Waals surface area contributed by atoms with E-state index in [2.05, 4.69) is 9.15 Å². The lowest BCUT2D eigenvalue weighted by molar-refractivity contribution is -0.717. The van der Waals surface area contributed by atoms with Crippen molar-refractivity contribution in [2.45, 2.75) is 0 Å². The summed E-state index contributed by atoms with van der Waals surface area (Å²) in [6.45, 7) is 0. The van der Waals surface area contributed by atoms with E-state index in [1.165, 1.54) is 18.2 Å². The van der Waals surface area contributed by atoms with Crippen LogP contribution >= 0.6 is 19.4 Å². The second-order valence-electron chi connectivity index (χ2n) is 2.30. The van der Waals surface area contributed by atoms with Crippen molar-refractivity contribution in [3.05, 3.63) is 39.4 Å². The molecule has 0 radical (unpaired) electrons. The molecule has 0 spiro atoms. The molecule has 0 fully saturated rings. The lowest BCUT2D eigenvalue weighted by Crippen LogP contribution is -2.03. The minimum absolute atomic E-state index is 0.0405. The summed E-state index contributed by atoms with van der Waals surface area (Å²) < 4.78 is 18.8. The molecule has 7 nitrogen and oxygen atoms in total. The second-order valence-corrected chi connectivity index (χ2v) is 3.99. The van der Waals surface area contributed by atoms with Gasteiger partial charge in [-0.15, -0.1) is 10.1 Å². The molecule has 0 bridgehead atoms. The quantitative estimate of drug-likeness (QED) is 0.501. The molecule has 15 heavy (non-hydrogen) atoms. The summed E-state index contributed by atoms with van der Waals surface area (Å²) >= 11 is 5.58. The van der Waals surface area contributed by atoms with Crippen molar-refractivity contribution in [2.75, 3.05) is 0 Å². The molecule has 0 aliphatic carbocycles. The molecule has 0 aromatic heterocycles. The lowest BCUT2D eigenvalue weighted by Gasteiger charge is -2.10. The van der Waals surface area contributed by atoms with Gasteiger partial charge in [-0.1, -0.05) is 23.7 Å². The van der Waals surface area contributed by atoms with Crippen molar-refractivity contribution < 1.29 is 23.7 Å². The Hall–Kier alpha value is -1.30. The molecule has 1 N–H and O–H groups in total. The highest BCUT2D eigenvalue weighted by molar-refractivity contribution is 7.47. The summed E-state index contributed by atoms with van der Waals surface area (Å²) in [6.07, 6.45) is 0.